The molecule has 0 aliphatic heterocycles. The Balaban J connectivity index is 1.84. The predicted molar refractivity (Wildman–Crippen MR) is 180 cm³/mol. The minimum Gasteiger partial charge on any atom is -0.350 e. The van der Waals surface area contributed by atoms with Crippen molar-refractivity contribution < 1.29 is 18.0 Å². The monoisotopic (exact) mass is 625 g/mol. The zero-order chi connectivity index (χ0) is 32.8. The van der Waals surface area contributed by atoms with E-state index in [4.69, 9.17) is 0 Å². The molecular weight excluding hydrogens is 582 g/mol. The minimum absolute atomic E-state index is 0.0783. The van der Waals surface area contributed by atoms with Gasteiger partial charge in [-0.2, -0.15) is 0 Å². The first-order chi connectivity index (χ1) is 21.3. The molecule has 0 aliphatic carbocycles. The fourth-order valence-corrected chi connectivity index (χ4v) is 6.80. The van der Waals surface area contributed by atoms with Gasteiger partial charge < -0.3 is 10.2 Å². The molecule has 0 saturated carbocycles. The van der Waals surface area contributed by atoms with Crippen LogP contribution in [0.3, 0.4) is 0 Å². The Hall–Kier alpha value is -4.43. The number of carbonyl (C=O) groups is 2. The van der Waals surface area contributed by atoms with Gasteiger partial charge in [-0.15, -0.1) is 0 Å². The van der Waals surface area contributed by atoms with Crippen molar-refractivity contribution in [3.63, 3.8) is 0 Å². The van der Waals surface area contributed by atoms with Gasteiger partial charge in [-0.05, 0) is 82.0 Å². The van der Waals surface area contributed by atoms with E-state index in [1.165, 1.54) is 21.3 Å². The first-order valence-electron chi connectivity index (χ1n) is 15.1. The van der Waals surface area contributed by atoms with Crippen molar-refractivity contribution in [1.82, 2.24) is 10.2 Å². The lowest BCUT2D eigenvalue weighted by Gasteiger charge is -2.36. The molecule has 4 aromatic carbocycles. The van der Waals surface area contributed by atoms with Crippen LogP contribution in [0.25, 0.3) is 0 Å². The Morgan fingerprint density at radius 1 is 0.778 bits per heavy atom. The summed E-state index contributed by atoms with van der Waals surface area (Å²) in [5, 5.41) is 3.07. The number of hydrogen-bond donors (Lipinski definition) is 1. The Kier molecular flexibility index (Phi) is 10.5. The second kappa shape index (κ2) is 14.1. The largest absolute Gasteiger partial charge is 0.350 e. The van der Waals surface area contributed by atoms with Crippen LogP contribution < -0.4 is 9.62 Å². The summed E-state index contributed by atoms with van der Waals surface area (Å²) in [5.74, 6) is -0.792. The summed E-state index contributed by atoms with van der Waals surface area (Å²) >= 11 is 0. The number of hydrogen-bond acceptors (Lipinski definition) is 4. The maximum atomic E-state index is 14.6. The molecule has 1 atom stereocenters. The highest BCUT2D eigenvalue weighted by atomic mass is 32.2. The lowest BCUT2D eigenvalue weighted by Crippen LogP contribution is -2.56. The molecule has 0 fully saturated rings. The van der Waals surface area contributed by atoms with E-state index in [9.17, 15) is 18.0 Å². The van der Waals surface area contributed by atoms with E-state index >= 15 is 0 Å². The predicted octanol–water partition coefficient (Wildman–Crippen LogP) is 6.36. The summed E-state index contributed by atoms with van der Waals surface area (Å²) in [5.41, 5.74) is 4.28. The second-order valence-corrected chi connectivity index (χ2v) is 14.4. The van der Waals surface area contributed by atoms with Gasteiger partial charge in [0.15, 0.2) is 0 Å². The van der Waals surface area contributed by atoms with Gasteiger partial charge in [0.2, 0.25) is 11.8 Å². The van der Waals surface area contributed by atoms with Crippen molar-refractivity contribution in [1.29, 1.82) is 0 Å². The Morgan fingerprint density at radius 2 is 1.38 bits per heavy atom. The number of sulfonamides is 1. The van der Waals surface area contributed by atoms with Gasteiger partial charge >= 0.3 is 0 Å². The van der Waals surface area contributed by atoms with Crippen molar-refractivity contribution in [3.8, 4) is 0 Å². The summed E-state index contributed by atoms with van der Waals surface area (Å²) in [6.45, 7) is 11.1. The van der Waals surface area contributed by atoms with Crippen molar-refractivity contribution in [2.75, 3.05) is 10.8 Å². The third kappa shape index (κ3) is 8.60. The molecule has 0 aromatic heterocycles. The highest BCUT2D eigenvalue weighted by molar-refractivity contribution is 7.92. The normalized spacial score (nSPS) is 12.3. The van der Waals surface area contributed by atoms with Crippen LogP contribution in [0.4, 0.5) is 5.69 Å². The highest BCUT2D eigenvalue weighted by Gasteiger charge is 2.36. The highest BCUT2D eigenvalue weighted by Crippen LogP contribution is 2.28. The fourth-order valence-electron chi connectivity index (χ4n) is 5.30. The summed E-state index contributed by atoms with van der Waals surface area (Å²) < 4.78 is 29.6. The Labute approximate surface area is 268 Å². The molecule has 0 bridgehead atoms. The molecule has 0 saturated heterocycles. The van der Waals surface area contributed by atoms with Crippen molar-refractivity contribution >= 4 is 27.5 Å². The number of carbonyl (C=O) groups excluding carboxylic acids is 2. The molecule has 1 N–H and O–H groups in total. The summed E-state index contributed by atoms with van der Waals surface area (Å²) in [7, 11) is -4.15. The standard InChI is InChI=1S/C37H43N3O4S/c1-27-21-22-33(29(3)23-27)40(45(43,44)32-19-11-8-12-20-32)26-35(41)39(25-31-18-14-13-15-28(31)2)34(36(42)38-37(4,5)6)24-30-16-9-7-10-17-30/h7-23,34H,24-26H2,1-6H3,(H,38,42). The van der Waals surface area contributed by atoms with Gasteiger partial charge in [-0.1, -0.05) is 90.5 Å². The molecule has 4 rings (SSSR count). The summed E-state index contributed by atoms with van der Waals surface area (Å²) in [4.78, 5) is 30.3. The van der Waals surface area contributed by atoms with Crippen LogP contribution in [-0.2, 0) is 32.6 Å². The molecule has 1 unspecified atom stereocenters. The van der Waals surface area contributed by atoms with Crippen LogP contribution in [0.5, 0.6) is 0 Å². The maximum Gasteiger partial charge on any atom is 0.264 e. The van der Waals surface area contributed by atoms with E-state index in [1.807, 2.05) is 108 Å². The van der Waals surface area contributed by atoms with Gasteiger partial charge in [-0.3, -0.25) is 13.9 Å². The van der Waals surface area contributed by atoms with Crippen LogP contribution in [-0.4, -0.2) is 43.3 Å². The van der Waals surface area contributed by atoms with Gasteiger partial charge in [0.1, 0.15) is 12.6 Å². The van der Waals surface area contributed by atoms with E-state index in [0.717, 1.165) is 27.8 Å². The second-order valence-electron chi connectivity index (χ2n) is 12.5. The molecule has 7 nitrogen and oxygen atoms in total. The fraction of sp³-hybridized carbons (Fsp3) is 0.297. The number of anilines is 1. The number of nitrogens with zero attached hydrogens (tertiary/aromatic N) is 2. The van der Waals surface area contributed by atoms with Gasteiger partial charge in [-0.25, -0.2) is 8.42 Å². The molecule has 236 valence electrons. The Bertz CT molecular complexity index is 1730. The third-order valence-corrected chi connectivity index (χ3v) is 9.38. The minimum atomic E-state index is -4.15. The van der Waals surface area contributed by atoms with E-state index in [1.54, 1.807) is 24.3 Å². The van der Waals surface area contributed by atoms with Crippen LogP contribution in [0.2, 0.25) is 0 Å². The first-order valence-corrected chi connectivity index (χ1v) is 16.6. The molecule has 0 radical (unpaired) electrons. The van der Waals surface area contributed by atoms with Crippen LogP contribution in [0, 0.1) is 20.8 Å². The SMILES string of the molecule is Cc1ccc(N(CC(=O)N(Cc2ccccc2C)C(Cc2ccccc2)C(=O)NC(C)(C)C)S(=O)(=O)c2ccccc2)c(C)c1. The average molecular weight is 626 g/mol. The maximum absolute atomic E-state index is 14.6. The number of rotatable bonds is 11. The number of benzene rings is 4. The number of nitrogens with one attached hydrogen (secondary N) is 1. The Morgan fingerprint density at radius 3 is 1.98 bits per heavy atom. The summed E-state index contributed by atoms with van der Waals surface area (Å²) in [6, 6.07) is 29.9. The zero-order valence-corrected chi connectivity index (χ0v) is 27.8. The van der Waals surface area contributed by atoms with E-state index < -0.39 is 34.1 Å². The van der Waals surface area contributed by atoms with Crippen LogP contribution >= 0.6 is 0 Å². The molecule has 8 heteroatoms. The molecule has 0 heterocycles. The number of amides is 2. The molecule has 4 aromatic rings. The quantitative estimate of drug-likeness (QED) is 0.210. The number of aryl methyl sites for hydroxylation is 3. The average Bonchev–Trinajstić information content (AvgIpc) is 2.99. The van der Waals surface area contributed by atoms with E-state index in [0.29, 0.717) is 5.69 Å². The lowest BCUT2D eigenvalue weighted by molar-refractivity contribution is -0.140. The molecule has 2 amide bonds. The van der Waals surface area contributed by atoms with Crippen LogP contribution in [0.1, 0.15) is 48.6 Å². The lowest BCUT2D eigenvalue weighted by atomic mass is 10.00. The molecule has 0 aliphatic rings. The van der Waals surface area contributed by atoms with Crippen molar-refractivity contribution in [3.05, 3.63) is 131 Å². The molecule has 45 heavy (non-hydrogen) atoms. The van der Waals surface area contributed by atoms with Crippen molar-refractivity contribution in [2.24, 2.45) is 0 Å². The zero-order valence-electron chi connectivity index (χ0n) is 26.9. The first kappa shape index (κ1) is 33.5. The van der Waals surface area contributed by atoms with Gasteiger partial charge in [0.05, 0.1) is 10.6 Å². The topological polar surface area (TPSA) is 86.8 Å². The molecule has 0 spiro atoms. The van der Waals surface area contributed by atoms with Crippen LogP contribution in [0.15, 0.2) is 108 Å². The van der Waals surface area contributed by atoms with E-state index in [-0.39, 0.29) is 23.8 Å². The third-order valence-electron chi connectivity index (χ3n) is 7.60. The van der Waals surface area contributed by atoms with Gasteiger partial charge in [0, 0.05) is 18.5 Å². The van der Waals surface area contributed by atoms with E-state index in [2.05, 4.69) is 5.32 Å². The summed E-state index contributed by atoms with van der Waals surface area (Å²) in [6.07, 6.45) is 0.259. The smallest absolute Gasteiger partial charge is 0.264 e. The molecular formula is C37H43N3O4S. The van der Waals surface area contributed by atoms with Gasteiger partial charge in [0.25, 0.3) is 10.0 Å². The van der Waals surface area contributed by atoms with Crippen molar-refractivity contribution in [2.45, 2.75) is 71.0 Å².